The molecule has 1 saturated carbocycles. The molecule has 0 spiro atoms. The van der Waals surface area contributed by atoms with Crippen LogP contribution in [0.25, 0.3) is 0 Å². The van der Waals surface area contributed by atoms with Gasteiger partial charge in [-0.15, -0.1) is 0 Å². The van der Waals surface area contributed by atoms with E-state index in [1.165, 1.54) is 18.4 Å². The lowest BCUT2D eigenvalue weighted by molar-refractivity contribution is -0.124. The molecule has 0 atom stereocenters. The largest absolute Gasteiger partial charge is 0.326 e. The van der Waals surface area contributed by atoms with E-state index in [4.69, 9.17) is 0 Å². The summed E-state index contributed by atoms with van der Waals surface area (Å²) in [6, 6.07) is 7.99. The third-order valence-corrected chi connectivity index (χ3v) is 4.27. The number of rotatable bonds is 3. The third kappa shape index (κ3) is 2.89. The Kier molecular flexibility index (Phi) is 3.87. The van der Waals surface area contributed by atoms with Gasteiger partial charge in [0.05, 0.1) is 0 Å². The Bertz CT molecular complexity index is 393. The molecule has 1 fully saturated rings. The molecule has 1 N–H and O–H groups in total. The van der Waals surface area contributed by atoms with Gasteiger partial charge in [-0.05, 0) is 30.5 Å². The number of hydrogen-bond donors (Lipinski definition) is 1. The van der Waals surface area contributed by atoms with E-state index in [0.717, 1.165) is 23.9 Å². The number of alkyl halides is 1. The summed E-state index contributed by atoms with van der Waals surface area (Å²) in [6.07, 6.45) is 4.37. The molecule has 0 unspecified atom stereocenters. The second-order valence-corrected chi connectivity index (χ2v) is 5.61. The van der Waals surface area contributed by atoms with Gasteiger partial charge in [0.15, 0.2) is 0 Å². The molecule has 0 radical (unpaired) electrons. The summed E-state index contributed by atoms with van der Waals surface area (Å²) < 4.78 is 0. The SMILES string of the molecule is CC1(C(=O)Nc2ccc(CBr)cc2)CCCC1. The molecule has 1 aromatic rings. The number of benzene rings is 1. The van der Waals surface area contributed by atoms with Gasteiger partial charge < -0.3 is 5.32 Å². The number of halogens is 1. The topological polar surface area (TPSA) is 29.1 Å². The van der Waals surface area contributed by atoms with Crippen molar-refractivity contribution in [3.8, 4) is 0 Å². The Morgan fingerprint density at radius 3 is 2.41 bits per heavy atom. The molecule has 17 heavy (non-hydrogen) atoms. The van der Waals surface area contributed by atoms with Crippen molar-refractivity contribution in [1.82, 2.24) is 0 Å². The molecule has 3 heteroatoms. The van der Waals surface area contributed by atoms with Crippen molar-refractivity contribution in [1.29, 1.82) is 0 Å². The van der Waals surface area contributed by atoms with Gasteiger partial charge in [-0.1, -0.05) is 47.8 Å². The number of carbonyl (C=O) groups excluding carboxylic acids is 1. The summed E-state index contributed by atoms with van der Waals surface area (Å²) in [5, 5.41) is 3.87. The zero-order valence-corrected chi connectivity index (χ0v) is 11.7. The maximum atomic E-state index is 12.2. The van der Waals surface area contributed by atoms with Crippen LogP contribution in [0.1, 0.15) is 38.2 Å². The smallest absolute Gasteiger partial charge is 0.230 e. The predicted octanol–water partition coefficient (Wildman–Crippen LogP) is 4.10. The maximum absolute atomic E-state index is 12.2. The quantitative estimate of drug-likeness (QED) is 0.836. The minimum absolute atomic E-state index is 0.159. The Morgan fingerprint density at radius 2 is 1.88 bits per heavy atom. The summed E-state index contributed by atoms with van der Waals surface area (Å²) in [6.45, 7) is 2.07. The summed E-state index contributed by atoms with van der Waals surface area (Å²) >= 11 is 3.41. The molecule has 1 aliphatic carbocycles. The number of carbonyl (C=O) groups is 1. The van der Waals surface area contributed by atoms with Crippen LogP contribution in [-0.4, -0.2) is 5.91 Å². The highest BCUT2D eigenvalue weighted by Gasteiger charge is 2.36. The van der Waals surface area contributed by atoms with Crippen molar-refractivity contribution in [2.24, 2.45) is 5.41 Å². The first-order valence-corrected chi connectivity index (χ1v) is 7.22. The van der Waals surface area contributed by atoms with Crippen molar-refractivity contribution < 1.29 is 4.79 Å². The Balaban J connectivity index is 2.02. The van der Waals surface area contributed by atoms with Crippen molar-refractivity contribution in [3.05, 3.63) is 29.8 Å². The highest BCUT2D eigenvalue weighted by molar-refractivity contribution is 9.08. The van der Waals surface area contributed by atoms with E-state index in [0.29, 0.717) is 0 Å². The lowest BCUT2D eigenvalue weighted by atomic mass is 9.88. The van der Waals surface area contributed by atoms with Gasteiger partial charge in [0.1, 0.15) is 0 Å². The van der Waals surface area contributed by atoms with Gasteiger partial charge >= 0.3 is 0 Å². The van der Waals surface area contributed by atoms with E-state index in [9.17, 15) is 4.79 Å². The second-order valence-electron chi connectivity index (χ2n) is 5.05. The van der Waals surface area contributed by atoms with Crippen LogP contribution in [0.5, 0.6) is 0 Å². The molecule has 0 saturated heterocycles. The number of hydrogen-bond acceptors (Lipinski definition) is 1. The molecular weight excluding hydrogens is 278 g/mol. The van der Waals surface area contributed by atoms with Crippen LogP contribution >= 0.6 is 15.9 Å². The fourth-order valence-corrected chi connectivity index (χ4v) is 2.72. The Labute approximate surface area is 111 Å². The summed E-state index contributed by atoms with van der Waals surface area (Å²) in [4.78, 5) is 12.2. The first kappa shape index (κ1) is 12.6. The van der Waals surface area contributed by atoms with E-state index in [2.05, 4.69) is 28.2 Å². The fraction of sp³-hybridized carbons (Fsp3) is 0.500. The number of anilines is 1. The number of amides is 1. The zero-order chi connectivity index (χ0) is 12.3. The Hall–Kier alpha value is -0.830. The molecule has 1 aromatic carbocycles. The van der Waals surface area contributed by atoms with Crippen molar-refractivity contribution in [2.75, 3.05) is 5.32 Å². The average Bonchev–Trinajstić information content (AvgIpc) is 2.78. The van der Waals surface area contributed by atoms with Gasteiger partial charge in [-0.3, -0.25) is 4.79 Å². The third-order valence-electron chi connectivity index (χ3n) is 3.62. The first-order chi connectivity index (χ1) is 8.14. The van der Waals surface area contributed by atoms with E-state index in [1.807, 2.05) is 24.3 Å². The van der Waals surface area contributed by atoms with Crippen LogP contribution in [0, 0.1) is 5.41 Å². The molecule has 92 valence electrons. The van der Waals surface area contributed by atoms with Gasteiger partial charge in [-0.25, -0.2) is 0 Å². The molecule has 0 aromatic heterocycles. The second kappa shape index (κ2) is 5.21. The minimum atomic E-state index is -0.159. The van der Waals surface area contributed by atoms with Gasteiger partial charge in [-0.2, -0.15) is 0 Å². The maximum Gasteiger partial charge on any atom is 0.230 e. The first-order valence-electron chi connectivity index (χ1n) is 6.10. The molecular formula is C14H18BrNO. The molecule has 0 heterocycles. The monoisotopic (exact) mass is 295 g/mol. The summed E-state index contributed by atoms with van der Waals surface area (Å²) in [5.41, 5.74) is 1.96. The van der Waals surface area contributed by atoms with Crippen LogP contribution in [0.3, 0.4) is 0 Å². The van der Waals surface area contributed by atoms with Gasteiger partial charge in [0.25, 0.3) is 0 Å². The van der Waals surface area contributed by atoms with Crippen LogP contribution < -0.4 is 5.32 Å². The lowest BCUT2D eigenvalue weighted by Gasteiger charge is -2.22. The summed E-state index contributed by atoms with van der Waals surface area (Å²) in [7, 11) is 0. The zero-order valence-electron chi connectivity index (χ0n) is 10.1. The molecule has 2 rings (SSSR count). The van der Waals surface area contributed by atoms with E-state index < -0.39 is 0 Å². The molecule has 2 nitrogen and oxygen atoms in total. The molecule has 0 aliphatic heterocycles. The van der Waals surface area contributed by atoms with E-state index in [-0.39, 0.29) is 11.3 Å². The van der Waals surface area contributed by atoms with Crippen molar-refractivity contribution in [2.45, 2.75) is 37.9 Å². The standard InChI is InChI=1S/C14H18BrNO/c1-14(8-2-3-9-14)13(17)16-12-6-4-11(10-15)5-7-12/h4-7H,2-3,8-10H2,1H3,(H,16,17). The highest BCUT2D eigenvalue weighted by atomic mass is 79.9. The van der Waals surface area contributed by atoms with E-state index in [1.54, 1.807) is 0 Å². The van der Waals surface area contributed by atoms with Crippen LogP contribution in [0.4, 0.5) is 5.69 Å². The molecule has 0 bridgehead atoms. The van der Waals surface area contributed by atoms with Crippen molar-refractivity contribution in [3.63, 3.8) is 0 Å². The van der Waals surface area contributed by atoms with E-state index >= 15 is 0 Å². The molecule has 1 amide bonds. The summed E-state index contributed by atoms with van der Waals surface area (Å²) in [5.74, 6) is 0.168. The van der Waals surface area contributed by atoms with Crippen LogP contribution in [0.15, 0.2) is 24.3 Å². The van der Waals surface area contributed by atoms with Gasteiger partial charge in [0, 0.05) is 16.4 Å². The average molecular weight is 296 g/mol. The number of nitrogens with one attached hydrogen (secondary N) is 1. The highest BCUT2D eigenvalue weighted by Crippen LogP contribution is 2.38. The lowest BCUT2D eigenvalue weighted by Crippen LogP contribution is -2.30. The normalized spacial score (nSPS) is 18.0. The molecule has 1 aliphatic rings. The van der Waals surface area contributed by atoms with Gasteiger partial charge in [0.2, 0.25) is 5.91 Å². The fourth-order valence-electron chi connectivity index (χ4n) is 2.34. The van der Waals surface area contributed by atoms with Crippen LogP contribution in [-0.2, 0) is 10.1 Å². The van der Waals surface area contributed by atoms with Crippen molar-refractivity contribution >= 4 is 27.5 Å². The Morgan fingerprint density at radius 1 is 1.29 bits per heavy atom. The van der Waals surface area contributed by atoms with Crippen LogP contribution in [0.2, 0.25) is 0 Å². The predicted molar refractivity (Wildman–Crippen MR) is 74.3 cm³/mol. The minimum Gasteiger partial charge on any atom is -0.326 e.